The Labute approximate surface area is 190 Å². The van der Waals surface area contributed by atoms with Gasteiger partial charge in [-0.15, -0.1) is 0 Å². The van der Waals surface area contributed by atoms with Crippen molar-refractivity contribution in [2.24, 2.45) is 0 Å². The van der Waals surface area contributed by atoms with E-state index in [2.05, 4.69) is 0 Å². The van der Waals surface area contributed by atoms with Crippen molar-refractivity contribution in [1.29, 1.82) is 0 Å². The van der Waals surface area contributed by atoms with Crippen molar-refractivity contribution in [2.75, 3.05) is 12.0 Å². The highest BCUT2D eigenvalue weighted by molar-refractivity contribution is 6.37. The molecule has 0 spiro atoms. The molecule has 0 bridgehead atoms. The molecule has 0 unspecified atom stereocenters. The van der Waals surface area contributed by atoms with E-state index in [1.165, 1.54) is 11.0 Å². The highest BCUT2D eigenvalue weighted by Gasteiger charge is 2.34. The molecule has 2 amide bonds. The lowest BCUT2D eigenvalue weighted by Crippen LogP contribution is -2.40. The van der Waals surface area contributed by atoms with E-state index in [1.54, 1.807) is 67.8 Å². The molecular formula is C28H19NO4. The number of hydrogen-bond donors (Lipinski definition) is 0. The first-order chi connectivity index (χ1) is 16.1. The molecule has 5 rings (SSSR count). The minimum Gasteiger partial charge on any atom is -0.496 e. The standard InChI is InChI=1S/C28H19NO4/c1-33-25-13-6-5-8-18(25)14-17-24(30)20-15-16-23-26-21(20)11-7-12-22(26)27(31)29(28(23)32)19-9-3-2-4-10-19/h2-17H,1H3. The second-order valence-corrected chi connectivity index (χ2v) is 7.61. The monoisotopic (exact) mass is 433 g/mol. The molecule has 0 fully saturated rings. The maximum Gasteiger partial charge on any atom is 0.265 e. The normalized spacial score (nSPS) is 13.1. The van der Waals surface area contributed by atoms with Gasteiger partial charge in [-0.25, -0.2) is 4.90 Å². The number of imide groups is 1. The highest BCUT2D eigenvalue weighted by atomic mass is 16.5. The number of hydrogen-bond acceptors (Lipinski definition) is 4. The smallest absolute Gasteiger partial charge is 0.265 e. The fourth-order valence-corrected chi connectivity index (χ4v) is 4.18. The minimum atomic E-state index is -0.404. The van der Waals surface area contributed by atoms with Gasteiger partial charge in [0.1, 0.15) is 5.75 Å². The van der Waals surface area contributed by atoms with Crippen LogP contribution in [-0.4, -0.2) is 24.7 Å². The molecule has 4 aromatic rings. The Morgan fingerprint density at radius 2 is 1.48 bits per heavy atom. The Kier molecular flexibility index (Phi) is 5.07. The predicted molar refractivity (Wildman–Crippen MR) is 128 cm³/mol. The molecule has 0 atom stereocenters. The molecule has 160 valence electrons. The van der Waals surface area contributed by atoms with Crippen LogP contribution in [0.5, 0.6) is 5.75 Å². The van der Waals surface area contributed by atoms with Crippen molar-refractivity contribution in [1.82, 2.24) is 0 Å². The van der Waals surface area contributed by atoms with Crippen molar-refractivity contribution in [3.05, 3.63) is 113 Å². The van der Waals surface area contributed by atoms with Gasteiger partial charge in [-0.2, -0.15) is 0 Å². The lowest BCUT2D eigenvalue weighted by Gasteiger charge is -2.27. The van der Waals surface area contributed by atoms with Gasteiger partial charge in [-0.05, 0) is 53.9 Å². The zero-order valence-corrected chi connectivity index (χ0v) is 17.8. The second kappa shape index (κ2) is 8.20. The summed E-state index contributed by atoms with van der Waals surface area (Å²) in [7, 11) is 1.58. The summed E-state index contributed by atoms with van der Waals surface area (Å²) in [4.78, 5) is 40.8. The molecule has 5 heteroatoms. The summed E-state index contributed by atoms with van der Waals surface area (Å²) in [6, 6.07) is 24.7. The van der Waals surface area contributed by atoms with Crippen molar-refractivity contribution in [3.63, 3.8) is 0 Å². The molecule has 0 saturated carbocycles. The summed E-state index contributed by atoms with van der Waals surface area (Å²) >= 11 is 0. The van der Waals surface area contributed by atoms with Gasteiger partial charge in [-0.1, -0.05) is 48.5 Å². The first-order valence-corrected chi connectivity index (χ1v) is 10.4. The van der Waals surface area contributed by atoms with Gasteiger partial charge >= 0.3 is 0 Å². The summed E-state index contributed by atoms with van der Waals surface area (Å²) in [6.45, 7) is 0. The van der Waals surface area contributed by atoms with E-state index in [0.29, 0.717) is 38.9 Å². The van der Waals surface area contributed by atoms with E-state index >= 15 is 0 Å². The summed E-state index contributed by atoms with van der Waals surface area (Å²) in [6.07, 6.45) is 3.18. The Hall–Kier alpha value is -4.51. The maximum absolute atomic E-state index is 13.3. The molecule has 4 aromatic carbocycles. The second-order valence-electron chi connectivity index (χ2n) is 7.61. The van der Waals surface area contributed by atoms with E-state index in [-0.39, 0.29) is 5.78 Å². The van der Waals surface area contributed by atoms with E-state index in [4.69, 9.17) is 4.74 Å². The van der Waals surface area contributed by atoms with E-state index < -0.39 is 11.8 Å². The minimum absolute atomic E-state index is 0.227. The number of ether oxygens (including phenoxy) is 1. The van der Waals surface area contributed by atoms with Gasteiger partial charge in [0.2, 0.25) is 0 Å². The number of ketones is 1. The molecule has 0 saturated heterocycles. The van der Waals surface area contributed by atoms with Gasteiger partial charge < -0.3 is 4.74 Å². The SMILES string of the molecule is COc1ccccc1C=CC(=O)c1ccc2c3c(cccc13)C(=O)N(c1ccccc1)C2=O. The third-order valence-corrected chi connectivity index (χ3v) is 5.74. The lowest BCUT2D eigenvalue weighted by atomic mass is 9.89. The molecule has 1 aliphatic heterocycles. The van der Waals surface area contributed by atoms with Crippen LogP contribution in [0.25, 0.3) is 16.8 Å². The zero-order valence-electron chi connectivity index (χ0n) is 17.8. The van der Waals surface area contributed by atoms with E-state index in [0.717, 1.165) is 5.56 Å². The molecule has 1 heterocycles. The van der Waals surface area contributed by atoms with Gasteiger partial charge in [0.15, 0.2) is 5.78 Å². The molecule has 0 aliphatic carbocycles. The largest absolute Gasteiger partial charge is 0.496 e. The van der Waals surface area contributed by atoms with Crippen LogP contribution >= 0.6 is 0 Å². The summed E-state index contributed by atoms with van der Waals surface area (Å²) in [5.74, 6) is -0.373. The molecule has 33 heavy (non-hydrogen) atoms. The van der Waals surface area contributed by atoms with Gasteiger partial charge in [0.25, 0.3) is 11.8 Å². The number of allylic oxidation sites excluding steroid dienone is 1. The average molecular weight is 433 g/mol. The van der Waals surface area contributed by atoms with E-state index in [9.17, 15) is 14.4 Å². The van der Waals surface area contributed by atoms with Crippen molar-refractivity contribution in [2.45, 2.75) is 0 Å². The summed E-state index contributed by atoms with van der Waals surface area (Å²) in [5.41, 5.74) is 2.51. The lowest BCUT2D eigenvalue weighted by molar-refractivity contribution is 0.0892. The third-order valence-electron chi connectivity index (χ3n) is 5.74. The van der Waals surface area contributed by atoms with Crippen LogP contribution in [0.2, 0.25) is 0 Å². The Balaban J connectivity index is 1.59. The average Bonchev–Trinajstić information content (AvgIpc) is 2.86. The van der Waals surface area contributed by atoms with Gasteiger partial charge in [0.05, 0.1) is 12.8 Å². The summed E-state index contributed by atoms with van der Waals surface area (Å²) in [5, 5.41) is 1.09. The number of carbonyl (C=O) groups is 3. The van der Waals surface area contributed by atoms with Crippen LogP contribution < -0.4 is 9.64 Å². The predicted octanol–water partition coefficient (Wildman–Crippen LogP) is 5.55. The molecule has 0 N–H and O–H groups in total. The van der Waals surface area contributed by atoms with Crippen LogP contribution in [0.3, 0.4) is 0 Å². The number of para-hydroxylation sites is 2. The number of carbonyl (C=O) groups excluding carboxylic acids is 3. The number of benzene rings is 4. The molecule has 0 radical (unpaired) electrons. The molecule has 0 aromatic heterocycles. The third kappa shape index (κ3) is 3.40. The quantitative estimate of drug-likeness (QED) is 0.235. The molecular weight excluding hydrogens is 414 g/mol. The zero-order chi connectivity index (χ0) is 22.9. The van der Waals surface area contributed by atoms with Crippen LogP contribution in [0.15, 0.2) is 91.0 Å². The molecule has 5 nitrogen and oxygen atoms in total. The Morgan fingerprint density at radius 3 is 2.24 bits per heavy atom. The van der Waals surface area contributed by atoms with Gasteiger partial charge in [0, 0.05) is 27.6 Å². The van der Waals surface area contributed by atoms with Crippen molar-refractivity contribution < 1.29 is 19.1 Å². The first kappa shape index (κ1) is 20.4. The number of rotatable bonds is 5. The van der Waals surface area contributed by atoms with Crippen LogP contribution in [0.1, 0.15) is 36.6 Å². The number of methoxy groups -OCH3 is 1. The van der Waals surface area contributed by atoms with Crippen LogP contribution in [0.4, 0.5) is 5.69 Å². The van der Waals surface area contributed by atoms with E-state index in [1.807, 2.05) is 30.3 Å². The highest BCUT2D eigenvalue weighted by Crippen LogP contribution is 2.34. The maximum atomic E-state index is 13.3. The fourth-order valence-electron chi connectivity index (χ4n) is 4.18. The summed E-state index contributed by atoms with van der Waals surface area (Å²) < 4.78 is 5.34. The fraction of sp³-hybridized carbons (Fsp3) is 0.0357. The topological polar surface area (TPSA) is 63.7 Å². The van der Waals surface area contributed by atoms with Crippen molar-refractivity contribution >= 4 is 40.1 Å². The number of anilines is 1. The van der Waals surface area contributed by atoms with Crippen LogP contribution in [0, 0.1) is 0 Å². The number of nitrogens with zero attached hydrogens (tertiary/aromatic N) is 1. The molecule has 1 aliphatic rings. The number of amides is 2. The van der Waals surface area contributed by atoms with Gasteiger partial charge in [-0.3, -0.25) is 14.4 Å². The Bertz CT molecular complexity index is 1430. The Morgan fingerprint density at radius 1 is 0.788 bits per heavy atom. The van der Waals surface area contributed by atoms with Crippen molar-refractivity contribution in [3.8, 4) is 5.75 Å². The first-order valence-electron chi connectivity index (χ1n) is 10.4. The van der Waals surface area contributed by atoms with Crippen LogP contribution in [-0.2, 0) is 0 Å².